The molecule has 1 aromatic heterocycles. The zero-order valence-corrected chi connectivity index (χ0v) is 17.8. The minimum atomic E-state index is -3.84. The van der Waals surface area contributed by atoms with Crippen LogP contribution < -0.4 is 10.6 Å². The van der Waals surface area contributed by atoms with Gasteiger partial charge in [-0.3, -0.25) is 14.6 Å². The number of carbonyl (C=O) groups excluding carboxylic acids is 2. The van der Waals surface area contributed by atoms with E-state index in [1.165, 1.54) is 6.20 Å². The summed E-state index contributed by atoms with van der Waals surface area (Å²) in [6.07, 6.45) is 4.66. The normalized spacial score (nSPS) is 12.2. The van der Waals surface area contributed by atoms with E-state index >= 15 is 0 Å². The van der Waals surface area contributed by atoms with Gasteiger partial charge in [0.05, 0.1) is 4.90 Å². The molecule has 29 heavy (non-hydrogen) atoms. The summed E-state index contributed by atoms with van der Waals surface area (Å²) in [6, 6.07) is 8.50. The molecule has 1 atom stereocenters. The number of hydrogen-bond acceptors (Lipinski definition) is 5. The Hall–Kier alpha value is -2.74. The Morgan fingerprint density at radius 2 is 1.83 bits per heavy atom. The first kappa shape index (κ1) is 22.5. The van der Waals surface area contributed by atoms with Crippen LogP contribution >= 0.6 is 0 Å². The van der Waals surface area contributed by atoms with Crippen molar-refractivity contribution in [1.82, 2.24) is 15.6 Å². The van der Waals surface area contributed by atoms with Crippen LogP contribution in [0.25, 0.3) is 0 Å². The molecular formula is C21H27N3O4S. The van der Waals surface area contributed by atoms with Crippen molar-refractivity contribution in [3.63, 3.8) is 0 Å². The lowest BCUT2D eigenvalue weighted by molar-refractivity contribution is -0.139. The third-order valence-corrected chi connectivity index (χ3v) is 6.79. The van der Waals surface area contributed by atoms with Crippen LogP contribution in [0.4, 0.5) is 0 Å². The molecule has 0 aliphatic rings. The Labute approximate surface area is 171 Å². The third-order valence-electron chi connectivity index (χ3n) is 4.55. The van der Waals surface area contributed by atoms with E-state index in [2.05, 4.69) is 15.6 Å². The zero-order valence-electron chi connectivity index (χ0n) is 16.9. The maximum atomic E-state index is 13.4. The molecule has 0 radical (unpaired) electrons. The second kappa shape index (κ2) is 10.2. The van der Waals surface area contributed by atoms with Crippen LogP contribution in [-0.2, 0) is 19.4 Å². The molecular weight excluding hydrogens is 390 g/mol. The summed E-state index contributed by atoms with van der Waals surface area (Å²) in [7, 11) is -3.84. The monoisotopic (exact) mass is 417 g/mol. The molecule has 8 heteroatoms. The van der Waals surface area contributed by atoms with Gasteiger partial charge in [-0.25, -0.2) is 8.42 Å². The van der Waals surface area contributed by atoms with Crippen LogP contribution in [0.5, 0.6) is 0 Å². The largest absolute Gasteiger partial charge is 0.348 e. The maximum Gasteiger partial charge on any atom is 0.309 e. The van der Waals surface area contributed by atoms with Gasteiger partial charge in [0.1, 0.15) is 5.25 Å². The number of sulfone groups is 1. The van der Waals surface area contributed by atoms with E-state index in [0.29, 0.717) is 17.7 Å². The highest BCUT2D eigenvalue weighted by Gasteiger charge is 2.31. The molecule has 0 saturated carbocycles. The van der Waals surface area contributed by atoms with Gasteiger partial charge in [0.15, 0.2) is 9.84 Å². The first-order valence-electron chi connectivity index (χ1n) is 9.54. The van der Waals surface area contributed by atoms with Gasteiger partial charge in [0, 0.05) is 25.5 Å². The van der Waals surface area contributed by atoms with E-state index in [1.54, 1.807) is 37.4 Å². The number of aromatic nitrogens is 1. The Morgan fingerprint density at radius 1 is 1.10 bits per heavy atom. The van der Waals surface area contributed by atoms with Gasteiger partial charge < -0.3 is 10.6 Å². The second-order valence-corrected chi connectivity index (χ2v) is 9.01. The Kier molecular flexibility index (Phi) is 7.90. The first-order chi connectivity index (χ1) is 13.8. The van der Waals surface area contributed by atoms with Crippen molar-refractivity contribution in [2.75, 3.05) is 13.1 Å². The molecule has 0 saturated heterocycles. The highest BCUT2D eigenvalue weighted by atomic mass is 32.2. The van der Waals surface area contributed by atoms with Crippen molar-refractivity contribution in [1.29, 1.82) is 0 Å². The SMILES string of the molecule is CCCCNC(=O)C(=O)NC[C@H](c1cccnc1)S(=O)(=O)c1cc(C)ccc1C. The zero-order chi connectivity index (χ0) is 21.4. The van der Waals surface area contributed by atoms with Crippen LogP contribution in [0.15, 0.2) is 47.6 Å². The number of nitrogens with zero attached hydrogens (tertiary/aromatic N) is 1. The molecule has 2 N–H and O–H groups in total. The molecule has 7 nitrogen and oxygen atoms in total. The van der Waals surface area contributed by atoms with Gasteiger partial charge in [-0.2, -0.15) is 0 Å². The third kappa shape index (κ3) is 5.87. The lowest BCUT2D eigenvalue weighted by Crippen LogP contribution is -2.42. The molecule has 2 aromatic rings. The lowest BCUT2D eigenvalue weighted by Gasteiger charge is -2.20. The second-order valence-electron chi connectivity index (χ2n) is 6.91. The number of unbranched alkanes of at least 4 members (excludes halogenated alkanes) is 1. The van der Waals surface area contributed by atoms with Crippen molar-refractivity contribution >= 4 is 21.7 Å². The predicted molar refractivity (Wildman–Crippen MR) is 111 cm³/mol. The summed E-state index contributed by atoms with van der Waals surface area (Å²) in [5.74, 6) is -1.63. The quantitative estimate of drug-likeness (QED) is 0.506. The van der Waals surface area contributed by atoms with E-state index in [9.17, 15) is 18.0 Å². The lowest BCUT2D eigenvalue weighted by atomic mass is 10.2. The Bertz CT molecular complexity index is 959. The summed E-state index contributed by atoms with van der Waals surface area (Å²) in [5.41, 5.74) is 1.88. The standard InChI is InChI=1S/C21H27N3O4S/c1-4-5-11-23-20(25)21(26)24-14-19(17-7-6-10-22-13-17)29(27,28)18-12-15(2)8-9-16(18)3/h6-10,12-13,19H,4-5,11,14H2,1-3H3,(H,23,25)(H,24,26)/t19-/m1/s1. The molecule has 0 spiro atoms. The van der Waals surface area contributed by atoms with Crippen molar-refractivity contribution < 1.29 is 18.0 Å². The molecule has 0 aliphatic carbocycles. The number of aryl methyl sites for hydroxylation is 2. The number of rotatable bonds is 8. The van der Waals surface area contributed by atoms with Crippen molar-refractivity contribution in [3.05, 3.63) is 59.4 Å². The van der Waals surface area contributed by atoms with Crippen LogP contribution in [0.3, 0.4) is 0 Å². The smallest absolute Gasteiger partial charge is 0.309 e. The number of carbonyl (C=O) groups is 2. The minimum Gasteiger partial charge on any atom is -0.348 e. The van der Waals surface area contributed by atoms with Gasteiger partial charge >= 0.3 is 11.8 Å². The fraction of sp³-hybridized carbons (Fsp3) is 0.381. The van der Waals surface area contributed by atoms with Gasteiger partial charge in [-0.05, 0) is 49.1 Å². The molecule has 1 aromatic carbocycles. The van der Waals surface area contributed by atoms with Crippen molar-refractivity contribution in [3.8, 4) is 0 Å². The minimum absolute atomic E-state index is 0.202. The molecule has 2 amide bonds. The Morgan fingerprint density at radius 3 is 2.48 bits per heavy atom. The van der Waals surface area contributed by atoms with E-state index in [-0.39, 0.29) is 11.4 Å². The number of amides is 2. The van der Waals surface area contributed by atoms with E-state index in [1.807, 2.05) is 19.9 Å². The topological polar surface area (TPSA) is 105 Å². The average Bonchev–Trinajstić information content (AvgIpc) is 2.70. The van der Waals surface area contributed by atoms with E-state index in [4.69, 9.17) is 0 Å². The number of nitrogens with one attached hydrogen (secondary N) is 2. The van der Waals surface area contributed by atoms with Crippen LogP contribution in [0.1, 0.15) is 41.7 Å². The van der Waals surface area contributed by atoms with Crippen molar-refractivity contribution in [2.45, 2.75) is 43.8 Å². The number of benzene rings is 1. The van der Waals surface area contributed by atoms with Crippen LogP contribution in [-0.4, -0.2) is 38.3 Å². The van der Waals surface area contributed by atoms with Gasteiger partial charge in [0.25, 0.3) is 0 Å². The summed E-state index contributed by atoms with van der Waals surface area (Å²) in [5, 5.41) is 3.92. The molecule has 156 valence electrons. The highest BCUT2D eigenvalue weighted by Crippen LogP contribution is 2.30. The van der Waals surface area contributed by atoms with Gasteiger partial charge in [0.2, 0.25) is 0 Å². The number of hydrogen-bond donors (Lipinski definition) is 2. The van der Waals surface area contributed by atoms with Crippen LogP contribution in [0.2, 0.25) is 0 Å². The van der Waals surface area contributed by atoms with Crippen LogP contribution in [0, 0.1) is 13.8 Å². The van der Waals surface area contributed by atoms with E-state index < -0.39 is 26.9 Å². The summed E-state index contributed by atoms with van der Waals surface area (Å²) in [6.45, 7) is 5.69. The molecule has 0 unspecified atom stereocenters. The summed E-state index contributed by atoms with van der Waals surface area (Å²) < 4.78 is 26.8. The first-order valence-corrected chi connectivity index (χ1v) is 11.1. The predicted octanol–water partition coefficient (Wildman–Crippen LogP) is 2.25. The summed E-state index contributed by atoms with van der Waals surface area (Å²) >= 11 is 0. The molecule has 1 heterocycles. The molecule has 0 fully saturated rings. The highest BCUT2D eigenvalue weighted by molar-refractivity contribution is 7.91. The molecule has 0 aliphatic heterocycles. The van der Waals surface area contributed by atoms with Crippen molar-refractivity contribution in [2.24, 2.45) is 0 Å². The molecule has 0 bridgehead atoms. The van der Waals surface area contributed by atoms with Gasteiger partial charge in [-0.15, -0.1) is 0 Å². The fourth-order valence-corrected chi connectivity index (χ4v) is 4.84. The molecule has 2 rings (SSSR count). The summed E-state index contributed by atoms with van der Waals surface area (Å²) in [4.78, 5) is 28.2. The fourth-order valence-electron chi connectivity index (χ4n) is 2.86. The van der Waals surface area contributed by atoms with Gasteiger partial charge in [-0.1, -0.05) is 31.5 Å². The maximum absolute atomic E-state index is 13.4. The average molecular weight is 418 g/mol. The Balaban J connectivity index is 2.28. The van der Waals surface area contributed by atoms with E-state index in [0.717, 1.165) is 18.4 Å². The number of pyridine rings is 1.